The first-order chi connectivity index (χ1) is 20.2. The third-order valence-corrected chi connectivity index (χ3v) is 9.44. The van der Waals surface area contributed by atoms with Crippen LogP contribution in [0.5, 0.6) is 0 Å². The van der Waals surface area contributed by atoms with Crippen LogP contribution in [0.15, 0.2) is 35.1 Å². The van der Waals surface area contributed by atoms with Gasteiger partial charge in [-0.05, 0) is 19.4 Å². The second kappa shape index (κ2) is 12.0. The number of hydroxylamine groups is 1. The van der Waals surface area contributed by atoms with Gasteiger partial charge in [0.2, 0.25) is 16.0 Å². The van der Waals surface area contributed by atoms with Gasteiger partial charge in [0.05, 0.1) is 23.1 Å². The molecule has 1 aliphatic heterocycles. The van der Waals surface area contributed by atoms with Crippen molar-refractivity contribution >= 4 is 38.5 Å². The van der Waals surface area contributed by atoms with Gasteiger partial charge in [0.1, 0.15) is 17.1 Å². The Morgan fingerprint density at radius 1 is 1.19 bits per heavy atom. The highest BCUT2D eigenvalue weighted by Gasteiger charge is 2.36. The van der Waals surface area contributed by atoms with E-state index in [4.69, 9.17) is 14.9 Å². The minimum atomic E-state index is -3.78. The number of hydrogen-bond donors (Lipinski definition) is 3. The normalized spacial score (nSPS) is 18.1. The molecule has 0 bridgehead atoms. The Balaban J connectivity index is 1.36. The number of hydrogen-bond acceptors (Lipinski definition) is 11. The molecule has 1 saturated heterocycles. The number of carbonyl (C=O) groups is 1. The Bertz CT molecular complexity index is 1700. The average molecular weight is 600 g/mol. The Hall–Kier alpha value is -4.15. The zero-order valence-corrected chi connectivity index (χ0v) is 24.4. The van der Waals surface area contributed by atoms with Crippen LogP contribution in [-0.2, 0) is 28.2 Å². The molecule has 0 radical (unpaired) electrons. The molecular formula is C26H33N9O6S. The van der Waals surface area contributed by atoms with E-state index in [2.05, 4.69) is 20.1 Å². The Kier molecular flexibility index (Phi) is 8.38. The lowest BCUT2D eigenvalue weighted by Crippen LogP contribution is -2.51. The molecule has 1 unspecified atom stereocenters. The maximum absolute atomic E-state index is 13.8. The molecule has 3 aromatic heterocycles. The Morgan fingerprint density at radius 3 is 2.55 bits per heavy atom. The maximum Gasteiger partial charge on any atom is 0.277 e. The molecule has 2 aliphatic rings. The van der Waals surface area contributed by atoms with E-state index >= 15 is 0 Å². The summed E-state index contributed by atoms with van der Waals surface area (Å²) in [7, 11) is -2.08. The van der Waals surface area contributed by atoms with Crippen LogP contribution in [0.4, 0.5) is 5.95 Å². The second-order valence-electron chi connectivity index (χ2n) is 9.95. The van der Waals surface area contributed by atoms with Crippen molar-refractivity contribution in [2.75, 3.05) is 37.7 Å². The van der Waals surface area contributed by atoms with Crippen LogP contribution in [0, 0.1) is 0 Å². The van der Waals surface area contributed by atoms with Gasteiger partial charge in [-0.15, -0.1) is 0 Å². The van der Waals surface area contributed by atoms with Gasteiger partial charge in [-0.3, -0.25) is 19.5 Å². The highest BCUT2D eigenvalue weighted by atomic mass is 32.2. The van der Waals surface area contributed by atoms with E-state index in [1.54, 1.807) is 19.2 Å². The van der Waals surface area contributed by atoms with Crippen molar-refractivity contribution in [3.63, 3.8) is 0 Å². The lowest BCUT2D eigenvalue weighted by molar-refractivity contribution is 0.0705. The summed E-state index contributed by atoms with van der Waals surface area (Å²) < 4.78 is 36.4. The van der Waals surface area contributed by atoms with Crippen molar-refractivity contribution in [1.82, 2.24) is 39.5 Å². The van der Waals surface area contributed by atoms with E-state index in [0.29, 0.717) is 60.1 Å². The molecule has 5 rings (SSSR count). The van der Waals surface area contributed by atoms with E-state index < -0.39 is 21.2 Å². The highest BCUT2D eigenvalue weighted by molar-refractivity contribution is 7.89. The zero-order valence-electron chi connectivity index (χ0n) is 23.6. The SMILES string of the molecule is CCCc1nn(C)c2c(=O)[nH]c(C3=C(OCC)C=CC(S(=O)(=O)N4CCN(c5ncc(C(=O)NO)cn5)CC4)C3)nc12. The molecule has 224 valence electrons. The fourth-order valence-corrected chi connectivity index (χ4v) is 6.88. The van der Waals surface area contributed by atoms with Crippen molar-refractivity contribution in [2.45, 2.75) is 38.4 Å². The van der Waals surface area contributed by atoms with Crippen LogP contribution < -0.4 is 15.9 Å². The van der Waals surface area contributed by atoms with Crippen molar-refractivity contribution in [3.8, 4) is 0 Å². The lowest BCUT2D eigenvalue weighted by atomic mass is 10.0. The number of piperazine rings is 1. The molecule has 0 aromatic carbocycles. The summed E-state index contributed by atoms with van der Waals surface area (Å²) >= 11 is 0. The monoisotopic (exact) mass is 599 g/mol. The van der Waals surface area contributed by atoms with Crippen molar-refractivity contribution in [1.29, 1.82) is 0 Å². The number of sulfonamides is 1. The summed E-state index contributed by atoms with van der Waals surface area (Å²) in [4.78, 5) is 42.3. The number of aryl methyl sites for hydroxylation is 2. The van der Waals surface area contributed by atoms with E-state index in [9.17, 15) is 18.0 Å². The van der Waals surface area contributed by atoms with Crippen LogP contribution >= 0.6 is 0 Å². The van der Waals surface area contributed by atoms with Gasteiger partial charge in [0, 0.05) is 57.6 Å². The van der Waals surface area contributed by atoms with Gasteiger partial charge in [0.25, 0.3) is 11.5 Å². The lowest BCUT2D eigenvalue weighted by Gasteiger charge is -2.36. The molecule has 1 amide bonds. The molecule has 0 saturated carbocycles. The molecule has 42 heavy (non-hydrogen) atoms. The van der Waals surface area contributed by atoms with Crippen molar-refractivity contribution < 1.29 is 23.2 Å². The molecule has 16 heteroatoms. The largest absolute Gasteiger partial charge is 0.493 e. The van der Waals surface area contributed by atoms with E-state index in [0.717, 1.165) is 6.42 Å². The molecule has 1 aliphatic carbocycles. The van der Waals surface area contributed by atoms with Crippen LogP contribution in [0.2, 0.25) is 0 Å². The fourth-order valence-electron chi connectivity index (χ4n) is 5.17. The predicted octanol–water partition coefficient (Wildman–Crippen LogP) is 0.746. The molecule has 4 heterocycles. The average Bonchev–Trinajstić information content (AvgIpc) is 3.32. The minimum absolute atomic E-state index is 0.0731. The summed E-state index contributed by atoms with van der Waals surface area (Å²) in [6.45, 7) is 5.33. The predicted molar refractivity (Wildman–Crippen MR) is 153 cm³/mol. The maximum atomic E-state index is 13.8. The minimum Gasteiger partial charge on any atom is -0.493 e. The number of fused-ring (bicyclic) bond motifs is 1. The number of carbonyl (C=O) groups excluding carboxylic acids is 1. The third-order valence-electron chi connectivity index (χ3n) is 7.27. The quantitative estimate of drug-likeness (QED) is 0.232. The van der Waals surface area contributed by atoms with Crippen molar-refractivity contribution in [2.24, 2.45) is 7.05 Å². The van der Waals surface area contributed by atoms with Crippen molar-refractivity contribution in [3.05, 3.63) is 57.7 Å². The fraction of sp³-hybridized carbons (Fsp3) is 0.462. The van der Waals surface area contributed by atoms with E-state index in [-0.39, 0.29) is 36.5 Å². The van der Waals surface area contributed by atoms with Gasteiger partial charge in [-0.2, -0.15) is 9.40 Å². The third kappa shape index (κ3) is 5.52. The van der Waals surface area contributed by atoms with E-state index in [1.165, 1.54) is 26.9 Å². The molecule has 1 fully saturated rings. The number of ether oxygens (including phenoxy) is 1. The second-order valence-corrected chi connectivity index (χ2v) is 12.1. The van der Waals surface area contributed by atoms with Gasteiger partial charge in [0.15, 0.2) is 5.52 Å². The first-order valence-corrected chi connectivity index (χ1v) is 15.2. The first kappa shape index (κ1) is 29.3. The summed E-state index contributed by atoms with van der Waals surface area (Å²) in [5.74, 6) is 0.368. The Morgan fingerprint density at radius 2 is 1.90 bits per heavy atom. The van der Waals surface area contributed by atoms with Gasteiger partial charge >= 0.3 is 0 Å². The number of nitrogens with zero attached hydrogens (tertiary/aromatic N) is 7. The highest BCUT2D eigenvalue weighted by Crippen LogP contribution is 2.32. The molecule has 1 atom stereocenters. The van der Waals surface area contributed by atoms with E-state index in [1.807, 2.05) is 18.7 Å². The molecule has 3 N–H and O–H groups in total. The van der Waals surface area contributed by atoms with Gasteiger partial charge in [-0.25, -0.2) is 28.8 Å². The van der Waals surface area contributed by atoms with Crippen LogP contribution in [0.3, 0.4) is 0 Å². The number of amides is 1. The number of aromatic amines is 1. The summed E-state index contributed by atoms with van der Waals surface area (Å²) in [5, 5.41) is 12.3. The standard InChI is InChI=1S/C26H33N9O6S/c1-4-6-19-21-22(33(3)31-19)25(37)30-23(29-21)18-13-17(7-8-20(18)41-5-2)42(39,40)35-11-9-34(10-12-35)26-27-14-16(15-28-26)24(36)32-38/h7-8,14-15,17,38H,4-6,9-13H2,1-3H3,(H,32,36)(H,29,30,37). The summed E-state index contributed by atoms with van der Waals surface area (Å²) in [6, 6.07) is 0. The molecule has 3 aromatic rings. The summed E-state index contributed by atoms with van der Waals surface area (Å²) in [6.07, 6.45) is 7.40. The Labute approximate surface area is 241 Å². The molecule has 15 nitrogen and oxygen atoms in total. The number of rotatable bonds is 9. The van der Waals surface area contributed by atoms with Crippen LogP contribution in [0.25, 0.3) is 16.6 Å². The van der Waals surface area contributed by atoms with Gasteiger partial charge in [-0.1, -0.05) is 19.4 Å². The number of aromatic nitrogens is 6. The zero-order chi connectivity index (χ0) is 30.0. The van der Waals surface area contributed by atoms with Crippen LogP contribution in [-0.4, -0.2) is 91.6 Å². The topological polar surface area (TPSA) is 189 Å². The van der Waals surface area contributed by atoms with Crippen LogP contribution in [0.1, 0.15) is 48.6 Å². The number of nitrogens with one attached hydrogen (secondary N) is 2. The molecule has 0 spiro atoms. The number of allylic oxidation sites excluding steroid dienone is 2. The first-order valence-electron chi connectivity index (χ1n) is 13.7. The summed E-state index contributed by atoms with van der Waals surface area (Å²) in [5.41, 5.74) is 3.36. The number of anilines is 1. The van der Waals surface area contributed by atoms with Gasteiger partial charge < -0.3 is 14.6 Å². The molecular weight excluding hydrogens is 566 g/mol. The smallest absolute Gasteiger partial charge is 0.277 e. The number of H-pyrrole nitrogens is 1.